The molecule has 0 heterocycles. The molecule has 1 aromatic rings. The fourth-order valence-electron chi connectivity index (χ4n) is 1.56. The van der Waals surface area contributed by atoms with Crippen molar-refractivity contribution in [2.24, 2.45) is 5.73 Å². The Bertz CT molecular complexity index is 380. The summed E-state index contributed by atoms with van der Waals surface area (Å²) in [5.74, 6) is 0.0633. The number of anilines is 1. The average Bonchev–Trinajstić information content (AvgIpc) is 2.31. The lowest BCUT2D eigenvalue weighted by molar-refractivity contribution is -0.116. The highest BCUT2D eigenvalue weighted by molar-refractivity contribution is 9.10. The summed E-state index contributed by atoms with van der Waals surface area (Å²) in [5, 5.41) is 2.91. The molecule has 0 aliphatic heterocycles. The van der Waals surface area contributed by atoms with E-state index in [1.165, 1.54) is 0 Å². The maximum Gasteiger partial charge on any atom is 0.224 e. The first-order chi connectivity index (χ1) is 8.15. The SMILES string of the molecule is Cc1cccc(NC(=O)CCCCCN)c1Br. The number of hydrogen-bond acceptors (Lipinski definition) is 2. The van der Waals surface area contributed by atoms with Crippen molar-refractivity contribution in [1.29, 1.82) is 0 Å². The smallest absolute Gasteiger partial charge is 0.224 e. The van der Waals surface area contributed by atoms with Gasteiger partial charge in [0.15, 0.2) is 0 Å². The Kier molecular flexibility index (Phi) is 6.22. The summed E-state index contributed by atoms with van der Waals surface area (Å²) >= 11 is 3.47. The van der Waals surface area contributed by atoms with Gasteiger partial charge in [-0.3, -0.25) is 4.79 Å². The van der Waals surface area contributed by atoms with Gasteiger partial charge in [0.25, 0.3) is 0 Å². The predicted molar refractivity (Wildman–Crippen MR) is 75.0 cm³/mol. The van der Waals surface area contributed by atoms with Crippen LogP contribution in [0.1, 0.15) is 31.2 Å². The van der Waals surface area contributed by atoms with Gasteiger partial charge in [0.2, 0.25) is 5.91 Å². The summed E-state index contributed by atoms with van der Waals surface area (Å²) in [7, 11) is 0. The molecule has 0 atom stereocenters. The van der Waals surface area contributed by atoms with Crippen molar-refractivity contribution >= 4 is 27.5 Å². The molecule has 0 saturated carbocycles. The number of hydrogen-bond donors (Lipinski definition) is 2. The van der Waals surface area contributed by atoms with Crippen LogP contribution in [-0.2, 0) is 4.79 Å². The van der Waals surface area contributed by atoms with E-state index in [4.69, 9.17) is 5.73 Å². The highest BCUT2D eigenvalue weighted by atomic mass is 79.9. The molecule has 0 fully saturated rings. The predicted octanol–water partition coefficient (Wildman–Crippen LogP) is 3.22. The Morgan fingerprint density at radius 2 is 2.12 bits per heavy atom. The third kappa shape index (κ3) is 4.88. The standard InChI is InChI=1S/C13H19BrN2O/c1-10-6-5-7-11(13(10)14)16-12(17)8-3-2-4-9-15/h5-7H,2-4,8-9,15H2,1H3,(H,16,17). The van der Waals surface area contributed by atoms with Gasteiger partial charge in [0.05, 0.1) is 5.69 Å². The number of unbranched alkanes of at least 4 members (excludes halogenated alkanes) is 2. The van der Waals surface area contributed by atoms with Crippen molar-refractivity contribution in [2.75, 3.05) is 11.9 Å². The molecule has 0 aromatic heterocycles. The Morgan fingerprint density at radius 1 is 1.35 bits per heavy atom. The lowest BCUT2D eigenvalue weighted by atomic mass is 10.2. The minimum absolute atomic E-state index is 0.0633. The second-order valence-corrected chi connectivity index (χ2v) is 4.88. The van der Waals surface area contributed by atoms with E-state index in [1.807, 2.05) is 25.1 Å². The van der Waals surface area contributed by atoms with Gasteiger partial charge in [-0.15, -0.1) is 0 Å². The molecule has 1 amide bonds. The van der Waals surface area contributed by atoms with Gasteiger partial charge < -0.3 is 11.1 Å². The lowest BCUT2D eigenvalue weighted by Gasteiger charge is -2.08. The Balaban J connectivity index is 2.43. The number of nitrogens with two attached hydrogens (primary N) is 1. The van der Waals surface area contributed by atoms with Crippen LogP contribution in [0.3, 0.4) is 0 Å². The van der Waals surface area contributed by atoms with Crippen LogP contribution in [0, 0.1) is 6.92 Å². The summed E-state index contributed by atoms with van der Waals surface area (Å²) in [4.78, 5) is 11.7. The van der Waals surface area contributed by atoms with Crippen molar-refractivity contribution in [3.8, 4) is 0 Å². The molecule has 1 rings (SSSR count). The number of halogens is 1. The first-order valence-corrected chi connectivity index (χ1v) is 6.69. The first kappa shape index (κ1) is 14.2. The topological polar surface area (TPSA) is 55.1 Å². The van der Waals surface area contributed by atoms with E-state index in [2.05, 4.69) is 21.2 Å². The largest absolute Gasteiger partial charge is 0.330 e. The minimum Gasteiger partial charge on any atom is -0.330 e. The van der Waals surface area contributed by atoms with Crippen molar-refractivity contribution in [3.63, 3.8) is 0 Å². The zero-order valence-electron chi connectivity index (χ0n) is 10.1. The van der Waals surface area contributed by atoms with Crippen LogP contribution in [0.5, 0.6) is 0 Å². The van der Waals surface area contributed by atoms with E-state index in [1.54, 1.807) is 0 Å². The van der Waals surface area contributed by atoms with Crippen LogP contribution in [0.15, 0.2) is 22.7 Å². The van der Waals surface area contributed by atoms with E-state index < -0.39 is 0 Å². The number of carbonyl (C=O) groups is 1. The van der Waals surface area contributed by atoms with Gasteiger partial charge in [-0.05, 0) is 53.9 Å². The molecule has 3 nitrogen and oxygen atoms in total. The molecule has 4 heteroatoms. The lowest BCUT2D eigenvalue weighted by Crippen LogP contribution is -2.12. The van der Waals surface area contributed by atoms with E-state index in [9.17, 15) is 4.79 Å². The molecule has 17 heavy (non-hydrogen) atoms. The van der Waals surface area contributed by atoms with E-state index in [0.717, 1.165) is 35.0 Å². The van der Waals surface area contributed by atoms with Gasteiger partial charge in [0.1, 0.15) is 0 Å². The average molecular weight is 299 g/mol. The van der Waals surface area contributed by atoms with E-state index in [-0.39, 0.29) is 5.91 Å². The van der Waals surface area contributed by atoms with Crippen LogP contribution in [0.4, 0.5) is 5.69 Å². The summed E-state index contributed by atoms with van der Waals surface area (Å²) in [6.45, 7) is 2.70. The number of carbonyl (C=O) groups excluding carboxylic acids is 1. The van der Waals surface area contributed by atoms with Crippen LogP contribution in [0.2, 0.25) is 0 Å². The summed E-state index contributed by atoms with van der Waals surface area (Å²) in [6.07, 6.45) is 3.45. The van der Waals surface area contributed by atoms with Gasteiger partial charge in [-0.25, -0.2) is 0 Å². The molecule has 0 radical (unpaired) electrons. The Hall–Kier alpha value is -0.870. The highest BCUT2D eigenvalue weighted by Crippen LogP contribution is 2.25. The fraction of sp³-hybridized carbons (Fsp3) is 0.462. The molecule has 0 aliphatic carbocycles. The zero-order chi connectivity index (χ0) is 12.7. The zero-order valence-corrected chi connectivity index (χ0v) is 11.7. The maximum absolute atomic E-state index is 11.7. The normalized spacial score (nSPS) is 10.3. The molecule has 0 saturated heterocycles. The third-order valence-corrected chi connectivity index (χ3v) is 3.63. The van der Waals surface area contributed by atoms with Crippen LogP contribution >= 0.6 is 15.9 Å². The summed E-state index contributed by atoms with van der Waals surface area (Å²) in [5.41, 5.74) is 7.36. The van der Waals surface area contributed by atoms with Gasteiger partial charge >= 0.3 is 0 Å². The number of nitrogens with one attached hydrogen (secondary N) is 1. The quantitative estimate of drug-likeness (QED) is 0.792. The third-order valence-electron chi connectivity index (χ3n) is 2.57. The molecule has 0 bridgehead atoms. The number of aryl methyl sites for hydroxylation is 1. The van der Waals surface area contributed by atoms with Gasteiger partial charge in [-0.2, -0.15) is 0 Å². The van der Waals surface area contributed by atoms with Crippen LogP contribution in [-0.4, -0.2) is 12.5 Å². The van der Waals surface area contributed by atoms with Crippen molar-refractivity contribution in [2.45, 2.75) is 32.6 Å². The molecule has 1 aromatic carbocycles. The molecule has 0 spiro atoms. The second kappa shape index (κ2) is 7.45. The van der Waals surface area contributed by atoms with Crippen LogP contribution in [0.25, 0.3) is 0 Å². The Labute approximate surface area is 111 Å². The van der Waals surface area contributed by atoms with Crippen molar-refractivity contribution in [1.82, 2.24) is 0 Å². The molecule has 0 unspecified atom stereocenters. The van der Waals surface area contributed by atoms with Crippen molar-refractivity contribution < 1.29 is 4.79 Å². The second-order valence-electron chi connectivity index (χ2n) is 4.08. The number of rotatable bonds is 6. The monoisotopic (exact) mass is 298 g/mol. The van der Waals surface area contributed by atoms with Crippen LogP contribution < -0.4 is 11.1 Å². The fourth-order valence-corrected chi connectivity index (χ4v) is 1.93. The maximum atomic E-state index is 11.7. The highest BCUT2D eigenvalue weighted by Gasteiger charge is 2.06. The summed E-state index contributed by atoms with van der Waals surface area (Å²) < 4.78 is 0.954. The summed E-state index contributed by atoms with van der Waals surface area (Å²) in [6, 6.07) is 5.83. The van der Waals surface area contributed by atoms with Crippen molar-refractivity contribution in [3.05, 3.63) is 28.2 Å². The van der Waals surface area contributed by atoms with E-state index in [0.29, 0.717) is 13.0 Å². The minimum atomic E-state index is 0.0633. The number of amides is 1. The van der Waals surface area contributed by atoms with Gasteiger partial charge in [0, 0.05) is 10.9 Å². The molecule has 94 valence electrons. The van der Waals surface area contributed by atoms with Gasteiger partial charge in [-0.1, -0.05) is 18.6 Å². The van der Waals surface area contributed by atoms with E-state index >= 15 is 0 Å². The molecule has 3 N–H and O–H groups in total. The molecular weight excluding hydrogens is 280 g/mol. The molecular formula is C13H19BrN2O. The molecule has 0 aliphatic rings. The Morgan fingerprint density at radius 3 is 2.82 bits per heavy atom. The number of benzene rings is 1. The first-order valence-electron chi connectivity index (χ1n) is 5.90.